The second kappa shape index (κ2) is 6.04. The van der Waals surface area contributed by atoms with Gasteiger partial charge in [0.1, 0.15) is 5.54 Å². The van der Waals surface area contributed by atoms with E-state index in [1.165, 1.54) is 7.11 Å². The van der Waals surface area contributed by atoms with Crippen LogP contribution < -0.4 is 10.6 Å². The number of rotatable bonds is 5. The van der Waals surface area contributed by atoms with Crippen LogP contribution in [0.25, 0.3) is 0 Å². The van der Waals surface area contributed by atoms with Crippen molar-refractivity contribution in [2.24, 2.45) is 0 Å². The molecule has 0 aromatic rings. The molecule has 0 saturated carbocycles. The molecule has 0 bridgehead atoms. The van der Waals surface area contributed by atoms with Gasteiger partial charge in [0.05, 0.1) is 20.2 Å². The van der Waals surface area contributed by atoms with E-state index in [-0.39, 0.29) is 12.5 Å². The maximum absolute atomic E-state index is 11.3. The Morgan fingerprint density at radius 2 is 2.07 bits per heavy atom. The first kappa shape index (κ1) is 13.5. The molecule has 0 aromatic heterocycles. The van der Waals surface area contributed by atoms with Crippen LogP contribution in [-0.2, 0) is 14.3 Å². The third kappa shape index (κ3) is 5.03. The zero-order chi connectivity index (χ0) is 11.9. The Kier molecular flexibility index (Phi) is 5.42. The van der Waals surface area contributed by atoms with E-state index in [1.807, 2.05) is 0 Å². The van der Waals surface area contributed by atoms with Crippen LogP contribution in [0.5, 0.6) is 0 Å². The predicted molar refractivity (Wildman–Crippen MR) is 55.9 cm³/mol. The first-order valence-corrected chi connectivity index (χ1v) is 4.47. The van der Waals surface area contributed by atoms with Crippen LogP contribution in [0.1, 0.15) is 13.8 Å². The lowest BCUT2D eigenvalue weighted by Gasteiger charge is -2.22. The topological polar surface area (TPSA) is 67.4 Å². The molecule has 1 amide bonds. The summed E-state index contributed by atoms with van der Waals surface area (Å²) in [5.74, 6) is 1.54. The third-order valence-corrected chi connectivity index (χ3v) is 1.66. The summed E-state index contributed by atoms with van der Waals surface area (Å²) in [6.45, 7) is 3.52. The van der Waals surface area contributed by atoms with Crippen LogP contribution in [0, 0.1) is 12.3 Å². The van der Waals surface area contributed by atoms with Crippen LogP contribution in [0.4, 0.5) is 0 Å². The normalized spacial score (nSPS) is 10.3. The van der Waals surface area contributed by atoms with Crippen molar-refractivity contribution >= 4 is 11.9 Å². The fourth-order valence-electron chi connectivity index (χ4n) is 0.947. The third-order valence-electron chi connectivity index (χ3n) is 1.66. The average Bonchev–Trinajstić information content (AvgIpc) is 2.16. The molecule has 0 fully saturated rings. The number of nitrogens with one attached hydrogen (secondary N) is 2. The minimum atomic E-state index is -1.02. The van der Waals surface area contributed by atoms with Gasteiger partial charge in [-0.05, 0) is 13.8 Å². The van der Waals surface area contributed by atoms with Gasteiger partial charge in [-0.2, -0.15) is 0 Å². The summed E-state index contributed by atoms with van der Waals surface area (Å²) in [6, 6.07) is 0. The molecule has 0 spiro atoms. The van der Waals surface area contributed by atoms with Crippen LogP contribution in [0.15, 0.2) is 0 Å². The SMILES string of the molecule is C#CCNCC(=O)NC(C)(C)C(=O)OC. The van der Waals surface area contributed by atoms with Gasteiger partial charge < -0.3 is 10.1 Å². The summed E-state index contributed by atoms with van der Waals surface area (Å²) < 4.78 is 4.54. The van der Waals surface area contributed by atoms with Crippen molar-refractivity contribution in [2.75, 3.05) is 20.2 Å². The second-order valence-corrected chi connectivity index (χ2v) is 3.47. The summed E-state index contributed by atoms with van der Waals surface area (Å²) in [4.78, 5) is 22.5. The molecule has 5 nitrogen and oxygen atoms in total. The van der Waals surface area contributed by atoms with Gasteiger partial charge >= 0.3 is 5.97 Å². The van der Waals surface area contributed by atoms with E-state index in [0.29, 0.717) is 6.54 Å². The number of carbonyl (C=O) groups is 2. The molecule has 5 heteroatoms. The van der Waals surface area contributed by atoms with E-state index >= 15 is 0 Å². The standard InChI is InChI=1S/C10H16N2O3/c1-5-6-11-7-8(13)12-10(2,3)9(14)15-4/h1,11H,6-7H2,2-4H3,(H,12,13). The van der Waals surface area contributed by atoms with Crippen LogP contribution >= 0.6 is 0 Å². The highest BCUT2D eigenvalue weighted by molar-refractivity contribution is 5.88. The molecule has 0 aliphatic heterocycles. The highest BCUT2D eigenvalue weighted by Gasteiger charge is 2.29. The number of methoxy groups -OCH3 is 1. The Hall–Kier alpha value is -1.54. The van der Waals surface area contributed by atoms with Gasteiger partial charge in [-0.15, -0.1) is 6.42 Å². The summed E-state index contributed by atoms with van der Waals surface area (Å²) in [5.41, 5.74) is -1.02. The first-order valence-electron chi connectivity index (χ1n) is 4.47. The second-order valence-electron chi connectivity index (χ2n) is 3.47. The summed E-state index contributed by atoms with van der Waals surface area (Å²) in [5, 5.41) is 5.24. The van der Waals surface area contributed by atoms with E-state index in [0.717, 1.165) is 0 Å². The number of esters is 1. The Balaban J connectivity index is 4.06. The number of hydrogen-bond acceptors (Lipinski definition) is 4. The molecule has 0 atom stereocenters. The van der Waals surface area contributed by atoms with Gasteiger partial charge in [-0.1, -0.05) is 5.92 Å². The lowest BCUT2D eigenvalue weighted by atomic mass is 10.1. The quantitative estimate of drug-likeness (QED) is 0.358. The summed E-state index contributed by atoms with van der Waals surface area (Å²) in [6.07, 6.45) is 4.99. The molecular weight excluding hydrogens is 196 g/mol. The molecule has 84 valence electrons. The lowest BCUT2D eigenvalue weighted by Crippen LogP contribution is -2.52. The number of carbonyl (C=O) groups excluding carboxylic acids is 2. The van der Waals surface area contributed by atoms with E-state index < -0.39 is 11.5 Å². The number of ether oxygens (including phenoxy) is 1. The molecule has 0 saturated heterocycles. The van der Waals surface area contributed by atoms with Crippen molar-refractivity contribution in [1.29, 1.82) is 0 Å². The van der Waals surface area contributed by atoms with Crippen molar-refractivity contribution in [3.8, 4) is 12.3 Å². The molecule has 15 heavy (non-hydrogen) atoms. The van der Waals surface area contributed by atoms with Crippen molar-refractivity contribution < 1.29 is 14.3 Å². The molecule has 0 radical (unpaired) electrons. The maximum Gasteiger partial charge on any atom is 0.330 e. The zero-order valence-electron chi connectivity index (χ0n) is 9.22. The van der Waals surface area contributed by atoms with Crippen molar-refractivity contribution in [1.82, 2.24) is 10.6 Å². The van der Waals surface area contributed by atoms with Crippen molar-refractivity contribution in [3.63, 3.8) is 0 Å². The largest absolute Gasteiger partial charge is 0.467 e. The van der Waals surface area contributed by atoms with Gasteiger partial charge in [-0.25, -0.2) is 4.79 Å². The highest BCUT2D eigenvalue weighted by Crippen LogP contribution is 2.03. The molecule has 0 heterocycles. The molecular formula is C10H16N2O3. The Morgan fingerprint density at radius 3 is 2.53 bits per heavy atom. The van der Waals surface area contributed by atoms with Crippen molar-refractivity contribution in [2.45, 2.75) is 19.4 Å². The van der Waals surface area contributed by atoms with E-state index in [4.69, 9.17) is 6.42 Å². The summed E-state index contributed by atoms with van der Waals surface area (Å²) in [7, 11) is 1.27. The Labute approximate surface area is 89.6 Å². The monoisotopic (exact) mass is 212 g/mol. The average molecular weight is 212 g/mol. The Morgan fingerprint density at radius 1 is 1.47 bits per heavy atom. The molecule has 2 N–H and O–H groups in total. The molecule has 0 aromatic carbocycles. The molecule has 0 aliphatic rings. The Bertz CT molecular complexity index is 279. The van der Waals surface area contributed by atoms with Crippen molar-refractivity contribution in [3.05, 3.63) is 0 Å². The van der Waals surface area contributed by atoms with Crippen LogP contribution in [-0.4, -0.2) is 37.6 Å². The van der Waals surface area contributed by atoms with Gasteiger partial charge in [0.15, 0.2) is 0 Å². The van der Waals surface area contributed by atoms with Crippen LogP contribution in [0.2, 0.25) is 0 Å². The van der Waals surface area contributed by atoms with E-state index in [2.05, 4.69) is 21.3 Å². The molecule has 0 rings (SSSR count). The zero-order valence-corrected chi connectivity index (χ0v) is 9.22. The predicted octanol–water partition coefficient (Wildman–Crippen LogP) is -0.723. The molecule has 0 unspecified atom stereocenters. The highest BCUT2D eigenvalue weighted by atomic mass is 16.5. The fraction of sp³-hybridized carbons (Fsp3) is 0.600. The number of amides is 1. The number of terminal acetylenes is 1. The molecule has 0 aliphatic carbocycles. The maximum atomic E-state index is 11.3. The fourth-order valence-corrected chi connectivity index (χ4v) is 0.947. The minimum Gasteiger partial charge on any atom is -0.467 e. The first-order chi connectivity index (χ1) is 6.94. The lowest BCUT2D eigenvalue weighted by molar-refractivity contribution is -0.149. The van der Waals surface area contributed by atoms with E-state index in [9.17, 15) is 9.59 Å². The summed E-state index contributed by atoms with van der Waals surface area (Å²) >= 11 is 0. The number of hydrogen-bond donors (Lipinski definition) is 2. The van der Waals surface area contributed by atoms with Gasteiger partial charge in [0.25, 0.3) is 0 Å². The van der Waals surface area contributed by atoms with Gasteiger partial charge in [0.2, 0.25) is 5.91 Å². The van der Waals surface area contributed by atoms with E-state index in [1.54, 1.807) is 13.8 Å². The smallest absolute Gasteiger partial charge is 0.330 e. The minimum absolute atomic E-state index is 0.0740. The van der Waals surface area contributed by atoms with Gasteiger partial charge in [-0.3, -0.25) is 10.1 Å². The van der Waals surface area contributed by atoms with Gasteiger partial charge in [0, 0.05) is 0 Å². The van der Waals surface area contributed by atoms with Crippen LogP contribution in [0.3, 0.4) is 0 Å².